The summed E-state index contributed by atoms with van der Waals surface area (Å²) in [4.78, 5) is 19.5. The zero-order valence-corrected chi connectivity index (χ0v) is 9.74. The zero-order chi connectivity index (χ0) is 11.9. The second kappa shape index (κ2) is 15.4. The number of allylic oxidation sites excluding steroid dienone is 2. The highest BCUT2D eigenvalue weighted by atomic mass is 16.4. The fourth-order valence-electron chi connectivity index (χ4n) is 0.845. The number of aliphatic carboxylic acids is 1. The summed E-state index contributed by atoms with van der Waals surface area (Å²) in [5.74, 6) is -0.682. The van der Waals surface area contributed by atoms with E-state index in [9.17, 15) is 9.59 Å². The van der Waals surface area contributed by atoms with Crippen molar-refractivity contribution in [1.29, 1.82) is 0 Å². The van der Waals surface area contributed by atoms with E-state index >= 15 is 0 Å². The van der Waals surface area contributed by atoms with E-state index in [1.807, 2.05) is 19.1 Å². The number of carboxylic acids is 1. The number of carboxylic acid groups (broad SMARTS) is 1. The van der Waals surface area contributed by atoms with Crippen LogP contribution in [0.4, 0.5) is 0 Å². The summed E-state index contributed by atoms with van der Waals surface area (Å²) < 4.78 is 0. The highest BCUT2D eigenvalue weighted by molar-refractivity contribution is 5.66. The van der Waals surface area contributed by atoms with Crippen LogP contribution in [0, 0.1) is 0 Å². The van der Waals surface area contributed by atoms with Gasteiger partial charge < -0.3 is 9.90 Å². The molecule has 15 heavy (non-hydrogen) atoms. The molecule has 0 atom stereocenters. The van der Waals surface area contributed by atoms with Gasteiger partial charge in [0.2, 0.25) is 0 Å². The fourth-order valence-corrected chi connectivity index (χ4v) is 0.845. The van der Waals surface area contributed by atoms with Crippen molar-refractivity contribution in [2.75, 3.05) is 0 Å². The van der Waals surface area contributed by atoms with E-state index < -0.39 is 5.97 Å². The van der Waals surface area contributed by atoms with Gasteiger partial charge in [-0.15, -0.1) is 0 Å². The van der Waals surface area contributed by atoms with E-state index in [2.05, 4.69) is 6.92 Å². The number of unbranched alkanes of at least 4 members (excludes halogenated alkanes) is 2. The lowest BCUT2D eigenvalue weighted by Gasteiger charge is -1.89. The number of hydrogen-bond donors (Lipinski definition) is 1. The third kappa shape index (κ3) is 24.6. The Labute approximate surface area is 92.2 Å². The van der Waals surface area contributed by atoms with E-state index in [1.54, 1.807) is 0 Å². The Morgan fingerprint density at radius 2 is 1.87 bits per heavy atom. The summed E-state index contributed by atoms with van der Waals surface area (Å²) in [6, 6.07) is 0. The molecule has 0 bridgehead atoms. The Morgan fingerprint density at radius 3 is 2.27 bits per heavy atom. The molecule has 0 aromatic carbocycles. The van der Waals surface area contributed by atoms with Crippen molar-refractivity contribution < 1.29 is 14.7 Å². The maximum absolute atomic E-state index is 9.87. The molecule has 0 aliphatic carbocycles. The van der Waals surface area contributed by atoms with Crippen LogP contribution in [0.3, 0.4) is 0 Å². The maximum atomic E-state index is 9.87. The van der Waals surface area contributed by atoms with E-state index in [0.717, 1.165) is 32.0 Å². The minimum absolute atomic E-state index is 0.327. The van der Waals surface area contributed by atoms with Gasteiger partial charge in [0.05, 0.1) is 0 Å². The first-order valence-electron chi connectivity index (χ1n) is 5.49. The minimum Gasteiger partial charge on any atom is -0.481 e. The first kappa shape index (κ1) is 16.3. The maximum Gasteiger partial charge on any atom is 0.303 e. The molecule has 1 N–H and O–H groups in total. The summed E-state index contributed by atoms with van der Waals surface area (Å²) in [5.41, 5.74) is 0. The molecule has 0 saturated carbocycles. The van der Waals surface area contributed by atoms with Gasteiger partial charge in [-0.2, -0.15) is 0 Å². The Bertz CT molecular complexity index is 174. The van der Waals surface area contributed by atoms with Crippen LogP contribution in [0.2, 0.25) is 0 Å². The van der Waals surface area contributed by atoms with Gasteiger partial charge in [-0.05, 0) is 12.8 Å². The lowest BCUT2D eigenvalue weighted by molar-refractivity contribution is -0.137. The monoisotopic (exact) mass is 214 g/mol. The Kier molecular flexibility index (Phi) is 16.7. The second-order valence-electron chi connectivity index (χ2n) is 3.13. The molecule has 3 nitrogen and oxygen atoms in total. The summed E-state index contributed by atoms with van der Waals surface area (Å²) in [6.07, 6.45) is 9.61. The molecular formula is C12H22O3. The van der Waals surface area contributed by atoms with Crippen LogP contribution < -0.4 is 0 Å². The quantitative estimate of drug-likeness (QED) is 0.402. The van der Waals surface area contributed by atoms with Crippen molar-refractivity contribution in [2.45, 2.75) is 52.4 Å². The number of rotatable bonds is 7. The average molecular weight is 214 g/mol. The summed E-state index contributed by atoms with van der Waals surface area (Å²) in [7, 11) is 0. The van der Waals surface area contributed by atoms with Gasteiger partial charge in [0.15, 0.2) is 0 Å². The van der Waals surface area contributed by atoms with Crippen LogP contribution in [-0.2, 0) is 9.59 Å². The van der Waals surface area contributed by atoms with Crippen molar-refractivity contribution >= 4 is 12.3 Å². The topological polar surface area (TPSA) is 54.4 Å². The molecule has 0 aromatic rings. The number of carbonyl (C=O) groups is 2. The number of carbonyl (C=O) groups excluding carboxylic acids is 1. The summed E-state index contributed by atoms with van der Waals surface area (Å²) >= 11 is 0. The summed E-state index contributed by atoms with van der Waals surface area (Å²) in [5, 5.41) is 8.14. The summed E-state index contributed by atoms with van der Waals surface area (Å²) in [6.45, 7) is 4.10. The lowest BCUT2D eigenvalue weighted by atomic mass is 10.2. The van der Waals surface area contributed by atoms with Gasteiger partial charge in [-0.25, -0.2) is 0 Å². The minimum atomic E-state index is -0.682. The molecule has 88 valence electrons. The lowest BCUT2D eigenvalue weighted by Crippen LogP contribution is -1.92. The molecule has 0 heterocycles. The standard InChI is InChI=1S/C6H12O2.C6H10O/c1-2-3-4-5-6(7)8;1-2-3-4-5-6-7/h2-5H2,1H3,(H,7,8);3-4,6H,2,5H2,1H3/b;4-3-. The highest BCUT2D eigenvalue weighted by Crippen LogP contribution is 1.97. The predicted molar refractivity (Wildman–Crippen MR) is 61.9 cm³/mol. The van der Waals surface area contributed by atoms with Gasteiger partial charge in [0.25, 0.3) is 0 Å². The second-order valence-corrected chi connectivity index (χ2v) is 3.13. The van der Waals surface area contributed by atoms with Crippen molar-refractivity contribution in [3.05, 3.63) is 12.2 Å². The smallest absolute Gasteiger partial charge is 0.303 e. The van der Waals surface area contributed by atoms with E-state index in [4.69, 9.17) is 5.11 Å². The van der Waals surface area contributed by atoms with Crippen LogP contribution in [0.1, 0.15) is 52.4 Å². The van der Waals surface area contributed by atoms with E-state index in [0.29, 0.717) is 12.8 Å². The number of hydrogen-bond acceptors (Lipinski definition) is 2. The molecule has 0 aliphatic rings. The Hall–Kier alpha value is -1.12. The van der Waals surface area contributed by atoms with E-state index in [1.165, 1.54) is 0 Å². The van der Waals surface area contributed by atoms with Crippen molar-refractivity contribution in [2.24, 2.45) is 0 Å². The van der Waals surface area contributed by atoms with Crippen LogP contribution >= 0.6 is 0 Å². The fraction of sp³-hybridized carbons (Fsp3) is 0.667. The molecule has 0 rings (SSSR count). The van der Waals surface area contributed by atoms with Gasteiger partial charge in [-0.1, -0.05) is 38.8 Å². The zero-order valence-electron chi connectivity index (χ0n) is 9.74. The largest absolute Gasteiger partial charge is 0.481 e. The number of aldehydes is 1. The molecule has 3 heteroatoms. The van der Waals surface area contributed by atoms with Crippen LogP contribution in [-0.4, -0.2) is 17.4 Å². The molecule has 0 aliphatic heterocycles. The normalized spacial score (nSPS) is 9.47. The average Bonchev–Trinajstić information content (AvgIpc) is 2.20. The molecule has 0 saturated heterocycles. The van der Waals surface area contributed by atoms with Crippen LogP contribution in [0.25, 0.3) is 0 Å². The molecule has 0 spiro atoms. The highest BCUT2D eigenvalue weighted by Gasteiger charge is 1.92. The molecule has 0 fully saturated rings. The molecule has 0 unspecified atom stereocenters. The van der Waals surface area contributed by atoms with Gasteiger partial charge in [-0.3, -0.25) is 4.79 Å². The molecule has 0 aromatic heterocycles. The van der Waals surface area contributed by atoms with Crippen molar-refractivity contribution in [3.63, 3.8) is 0 Å². The third-order valence-electron chi connectivity index (χ3n) is 1.63. The molecule has 0 amide bonds. The van der Waals surface area contributed by atoms with Crippen LogP contribution in [0.15, 0.2) is 12.2 Å². The Morgan fingerprint density at radius 1 is 1.20 bits per heavy atom. The first-order chi connectivity index (χ1) is 7.18. The van der Waals surface area contributed by atoms with Crippen LogP contribution in [0.5, 0.6) is 0 Å². The Balaban J connectivity index is 0. The van der Waals surface area contributed by atoms with E-state index in [-0.39, 0.29) is 0 Å². The predicted octanol–water partition coefficient (Wildman–Crippen LogP) is 3.19. The van der Waals surface area contributed by atoms with Crippen molar-refractivity contribution in [1.82, 2.24) is 0 Å². The van der Waals surface area contributed by atoms with Crippen molar-refractivity contribution in [3.8, 4) is 0 Å². The molecular weight excluding hydrogens is 192 g/mol. The molecule has 0 radical (unpaired) electrons. The SMILES string of the molecule is CC/C=C\CC=O.CCCCCC(=O)O. The van der Waals surface area contributed by atoms with Gasteiger partial charge in [0, 0.05) is 12.8 Å². The van der Waals surface area contributed by atoms with Gasteiger partial charge >= 0.3 is 5.97 Å². The third-order valence-corrected chi connectivity index (χ3v) is 1.63. The first-order valence-corrected chi connectivity index (χ1v) is 5.49. The van der Waals surface area contributed by atoms with Gasteiger partial charge in [0.1, 0.15) is 6.29 Å².